The van der Waals surface area contributed by atoms with Gasteiger partial charge in [-0.3, -0.25) is 25.2 Å². The summed E-state index contributed by atoms with van der Waals surface area (Å²) < 4.78 is 0. The molecule has 0 aliphatic heterocycles. The minimum absolute atomic E-state index is 0.199. The van der Waals surface area contributed by atoms with Crippen LogP contribution in [0, 0.1) is 6.92 Å². The number of benzene rings is 2. The van der Waals surface area contributed by atoms with E-state index in [9.17, 15) is 14.4 Å². The van der Waals surface area contributed by atoms with Crippen molar-refractivity contribution in [2.24, 2.45) is 0 Å². The Morgan fingerprint density at radius 3 is 2.27 bits per heavy atom. The van der Waals surface area contributed by atoms with E-state index in [1.807, 2.05) is 32.0 Å². The molecular formula is C19H22N4O3. The average Bonchev–Trinajstić information content (AvgIpc) is 2.65. The van der Waals surface area contributed by atoms with Crippen LogP contribution in [0.15, 0.2) is 48.5 Å². The smallest absolute Gasteiger partial charge is 0.327 e. The van der Waals surface area contributed by atoms with Crippen molar-refractivity contribution in [3.05, 3.63) is 59.7 Å². The van der Waals surface area contributed by atoms with Crippen LogP contribution in [0.4, 0.5) is 11.4 Å². The maximum Gasteiger partial charge on any atom is 0.327 e. The molecule has 2 aromatic rings. The third-order valence-corrected chi connectivity index (χ3v) is 3.49. The minimum atomic E-state index is -0.768. The third kappa shape index (κ3) is 5.62. The molecule has 26 heavy (non-hydrogen) atoms. The van der Waals surface area contributed by atoms with Crippen molar-refractivity contribution in [1.82, 2.24) is 10.7 Å². The highest BCUT2D eigenvalue weighted by Crippen LogP contribution is 2.14. The van der Waals surface area contributed by atoms with Gasteiger partial charge in [0, 0.05) is 17.8 Å². The van der Waals surface area contributed by atoms with Gasteiger partial charge in [-0.05, 0) is 49.7 Å². The molecule has 0 aliphatic rings. The number of anilines is 2. The van der Waals surface area contributed by atoms with Crippen LogP contribution in [0.3, 0.4) is 0 Å². The molecule has 0 aliphatic carbocycles. The summed E-state index contributed by atoms with van der Waals surface area (Å²) in [6, 6.07) is 14.1. The lowest BCUT2D eigenvalue weighted by molar-refractivity contribution is -0.138. The lowest BCUT2D eigenvalue weighted by atomic mass is 10.1. The van der Waals surface area contributed by atoms with Gasteiger partial charge < -0.3 is 10.6 Å². The minimum Gasteiger partial charge on any atom is -0.348 e. The molecule has 0 saturated carbocycles. The van der Waals surface area contributed by atoms with Gasteiger partial charge in [0.1, 0.15) is 0 Å². The molecule has 2 aromatic carbocycles. The zero-order valence-electron chi connectivity index (χ0n) is 14.8. The van der Waals surface area contributed by atoms with E-state index < -0.39 is 11.8 Å². The standard InChI is InChI=1S/C19H22N4O3/c1-3-11-20-18(25)19(26)23-22-16-9-7-15(8-10-16)21-17(24)14-6-4-5-13(2)12-14/h4-10,12,22H,3,11H2,1-2H3,(H,20,25)(H,21,24)(H,23,26). The van der Waals surface area contributed by atoms with Crippen LogP contribution in [0.5, 0.6) is 0 Å². The van der Waals surface area contributed by atoms with Crippen LogP contribution in [-0.2, 0) is 9.59 Å². The molecule has 0 fully saturated rings. The molecule has 0 atom stereocenters. The number of amides is 3. The zero-order chi connectivity index (χ0) is 18.9. The topological polar surface area (TPSA) is 99.3 Å². The number of carbonyl (C=O) groups is 3. The second-order valence-corrected chi connectivity index (χ2v) is 5.74. The van der Waals surface area contributed by atoms with Crippen LogP contribution in [-0.4, -0.2) is 24.3 Å². The molecular weight excluding hydrogens is 332 g/mol. The highest BCUT2D eigenvalue weighted by atomic mass is 16.2. The number of rotatable bonds is 6. The first kappa shape index (κ1) is 19.0. The van der Waals surface area contributed by atoms with E-state index in [-0.39, 0.29) is 5.91 Å². The van der Waals surface area contributed by atoms with Crippen molar-refractivity contribution in [3.63, 3.8) is 0 Å². The van der Waals surface area contributed by atoms with Crippen molar-refractivity contribution in [1.29, 1.82) is 0 Å². The number of hydrazine groups is 1. The number of hydrogen-bond donors (Lipinski definition) is 4. The lowest BCUT2D eigenvalue weighted by Gasteiger charge is -2.10. The number of aryl methyl sites for hydroxylation is 1. The van der Waals surface area contributed by atoms with Crippen LogP contribution in [0.25, 0.3) is 0 Å². The van der Waals surface area contributed by atoms with E-state index in [1.54, 1.807) is 30.3 Å². The van der Waals surface area contributed by atoms with Crippen LogP contribution < -0.4 is 21.5 Å². The summed E-state index contributed by atoms with van der Waals surface area (Å²) in [7, 11) is 0. The van der Waals surface area contributed by atoms with Crippen molar-refractivity contribution in [2.45, 2.75) is 20.3 Å². The highest BCUT2D eigenvalue weighted by molar-refractivity contribution is 6.35. The molecule has 3 amide bonds. The average molecular weight is 354 g/mol. The zero-order valence-corrected chi connectivity index (χ0v) is 14.8. The predicted octanol–water partition coefficient (Wildman–Crippen LogP) is 2.22. The monoisotopic (exact) mass is 354 g/mol. The van der Waals surface area contributed by atoms with Crippen molar-refractivity contribution >= 4 is 29.1 Å². The molecule has 0 bridgehead atoms. The normalized spacial score (nSPS) is 9.92. The first-order valence-electron chi connectivity index (χ1n) is 8.32. The molecule has 2 rings (SSSR count). The van der Waals surface area contributed by atoms with Gasteiger partial charge in [-0.15, -0.1) is 0 Å². The van der Waals surface area contributed by atoms with Gasteiger partial charge >= 0.3 is 11.8 Å². The fourth-order valence-corrected chi connectivity index (χ4v) is 2.13. The lowest BCUT2D eigenvalue weighted by Crippen LogP contribution is -2.42. The first-order valence-corrected chi connectivity index (χ1v) is 8.32. The first-order chi connectivity index (χ1) is 12.5. The van der Waals surface area contributed by atoms with Gasteiger partial charge in [0.05, 0.1) is 5.69 Å². The molecule has 7 nitrogen and oxygen atoms in total. The van der Waals surface area contributed by atoms with Crippen molar-refractivity contribution in [2.75, 3.05) is 17.3 Å². The van der Waals surface area contributed by atoms with Crippen LogP contribution in [0.2, 0.25) is 0 Å². The molecule has 4 N–H and O–H groups in total. The van der Waals surface area contributed by atoms with E-state index in [4.69, 9.17) is 0 Å². The Hall–Kier alpha value is -3.35. The summed E-state index contributed by atoms with van der Waals surface area (Å²) in [6.07, 6.45) is 0.752. The second-order valence-electron chi connectivity index (χ2n) is 5.74. The third-order valence-electron chi connectivity index (χ3n) is 3.49. The van der Waals surface area contributed by atoms with Gasteiger partial charge in [0.15, 0.2) is 0 Å². The van der Waals surface area contributed by atoms with Gasteiger partial charge in [-0.25, -0.2) is 0 Å². The van der Waals surface area contributed by atoms with Gasteiger partial charge in [-0.2, -0.15) is 0 Å². The summed E-state index contributed by atoms with van der Waals surface area (Å²) in [6.45, 7) is 4.27. The van der Waals surface area contributed by atoms with E-state index in [1.165, 1.54) is 0 Å². The van der Waals surface area contributed by atoms with Crippen molar-refractivity contribution in [3.8, 4) is 0 Å². The van der Waals surface area contributed by atoms with Crippen LogP contribution >= 0.6 is 0 Å². The summed E-state index contributed by atoms with van der Waals surface area (Å²) in [5, 5.41) is 5.28. The van der Waals surface area contributed by atoms with Gasteiger partial charge in [-0.1, -0.05) is 24.6 Å². The van der Waals surface area contributed by atoms with Crippen LogP contribution in [0.1, 0.15) is 29.3 Å². The summed E-state index contributed by atoms with van der Waals surface area (Å²) in [5.74, 6) is -1.66. The number of hydrogen-bond acceptors (Lipinski definition) is 4. The fraction of sp³-hybridized carbons (Fsp3) is 0.211. The Morgan fingerprint density at radius 2 is 1.62 bits per heavy atom. The fourth-order valence-electron chi connectivity index (χ4n) is 2.13. The van der Waals surface area contributed by atoms with E-state index in [0.717, 1.165) is 12.0 Å². The highest BCUT2D eigenvalue weighted by Gasteiger charge is 2.11. The van der Waals surface area contributed by atoms with Gasteiger partial charge in [0.2, 0.25) is 0 Å². The van der Waals surface area contributed by atoms with Gasteiger partial charge in [0.25, 0.3) is 5.91 Å². The molecule has 0 spiro atoms. The molecule has 136 valence electrons. The Morgan fingerprint density at radius 1 is 0.923 bits per heavy atom. The molecule has 0 aromatic heterocycles. The second kappa shape index (κ2) is 9.22. The Bertz CT molecular complexity index is 788. The molecule has 0 unspecified atom stereocenters. The molecule has 0 saturated heterocycles. The SMILES string of the molecule is CCCNC(=O)C(=O)NNc1ccc(NC(=O)c2cccc(C)c2)cc1. The Kier molecular flexibility index (Phi) is 6.73. The van der Waals surface area contributed by atoms with Crippen molar-refractivity contribution < 1.29 is 14.4 Å². The number of carbonyl (C=O) groups excluding carboxylic acids is 3. The predicted molar refractivity (Wildman–Crippen MR) is 101 cm³/mol. The quantitative estimate of drug-likeness (QED) is 0.472. The molecule has 0 heterocycles. The Balaban J connectivity index is 1.87. The largest absolute Gasteiger partial charge is 0.348 e. The number of nitrogens with one attached hydrogen (secondary N) is 4. The summed E-state index contributed by atoms with van der Waals surface area (Å²) in [4.78, 5) is 35.2. The Labute approximate surface area is 152 Å². The summed E-state index contributed by atoms with van der Waals surface area (Å²) >= 11 is 0. The molecule has 7 heteroatoms. The van der Waals surface area contributed by atoms with E-state index >= 15 is 0 Å². The summed E-state index contributed by atoms with van der Waals surface area (Å²) in [5.41, 5.74) is 7.75. The van der Waals surface area contributed by atoms with E-state index in [0.29, 0.717) is 23.5 Å². The maximum atomic E-state index is 12.2. The molecule has 0 radical (unpaired) electrons. The maximum absolute atomic E-state index is 12.2. The van der Waals surface area contributed by atoms with E-state index in [2.05, 4.69) is 21.5 Å².